The van der Waals surface area contributed by atoms with Crippen molar-refractivity contribution in [2.45, 2.75) is 82.8 Å². The average Bonchev–Trinajstić information content (AvgIpc) is 2.73. The first-order valence-electron chi connectivity index (χ1n) is 7.78. The third kappa shape index (κ3) is 3.42. The maximum Gasteiger partial charge on any atom is 0.191 e. The van der Waals surface area contributed by atoms with Crippen LogP contribution in [0.5, 0.6) is 0 Å². The fraction of sp³-hybridized carbons (Fsp3) is 0.875. The van der Waals surface area contributed by atoms with Crippen LogP contribution in [0.2, 0.25) is 18.1 Å². The summed E-state index contributed by atoms with van der Waals surface area (Å²) in [5.74, 6) is -0.631. The minimum absolute atomic E-state index is 0.155. The highest BCUT2D eigenvalue weighted by atomic mass is 28.4. The lowest BCUT2D eigenvalue weighted by atomic mass is 9.96. The minimum atomic E-state index is -1.78. The summed E-state index contributed by atoms with van der Waals surface area (Å²) in [5, 5.41) is 11.0. The molecule has 2 aliphatic rings. The summed E-state index contributed by atoms with van der Waals surface area (Å²) < 4.78 is 17.8. The zero-order chi connectivity index (χ0) is 16.1. The fourth-order valence-electron chi connectivity index (χ4n) is 2.58. The number of ether oxygens (including phenoxy) is 2. The van der Waals surface area contributed by atoms with Crippen molar-refractivity contribution in [2.24, 2.45) is 0 Å². The molecule has 1 aliphatic heterocycles. The normalized spacial score (nSPS) is 35.2. The smallest absolute Gasteiger partial charge is 0.191 e. The van der Waals surface area contributed by atoms with Crippen molar-refractivity contribution in [3.05, 3.63) is 12.2 Å². The molecule has 0 bridgehead atoms. The number of aliphatic hydroxyl groups is 1. The van der Waals surface area contributed by atoms with Gasteiger partial charge in [-0.2, -0.15) is 0 Å². The Morgan fingerprint density at radius 3 is 2.43 bits per heavy atom. The van der Waals surface area contributed by atoms with Crippen molar-refractivity contribution in [3.8, 4) is 0 Å². The zero-order valence-electron chi connectivity index (χ0n) is 14.4. The van der Waals surface area contributed by atoms with Gasteiger partial charge in [0.25, 0.3) is 0 Å². The van der Waals surface area contributed by atoms with Crippen molar-refractivity contribution in [2.75, 3.05) is 6.61 Å². The van der Waals surface area contributed by atoms with E-state index in [9.17, 15) is 5.11 Å². The van der Waals surface area contributed by atoms with E-state index in [1.54, 1.807) is 0 Å². The van der Waals surface area contributed by atoms with Crippen LogP contribution in [-0.2, 0) is 13.9 Å². The Morgan fingerprint density at radius 1 is 1.24 bits per heavy atom. The van der Waals surface area contributed by atoms with E-state index in [0.29, 0.717) is 13.0 Å². The molecule has 0 aromatic carbocycles. The third-order valence-electron chi connectivity index (χ3n) is 4.97. The summed E-state index contributed by atoms with van der Waals surface area (Å²) >= 11 is 0. The van der Waals surface area contributed by atoms with Crippen LogP contribution >= 0.6 is 0 Å². The molecule has 4 nitrogen and oxygen atoms in total. The highest BCUT2D eigenvalue weighted by Crippen LogP contribution is 2.42. The first-order valence-corrected chi connectivity index (χ1v) is 10.7. The van der Waals surface area contributed by atoms with Gasteiger partial charge in [-0.15, -0.1) is 0 Å². The Labute approximate surface area is 129 Å². The van der Waals surface area contributed by atoms with Crippen molar-refractivity contribution >= 4 is 8.32 Å². The van der Waals surface area contributed by atoms with Crippen molar-refractivity contribution in [1.82, 2.24) is 0 Å². The molecule has 1 saturated heterocycles. The fourth-order valence-corrected chi connectivity index (χ4v) is 3.63. The minimum Gasteiger partial charge on any atom is -0.417 e. The molecule has 1 aliphatic carbocycles. The Balaban J connectivity index is 1.94. The Morgan fingerprint density at radius 2 is 1.86 bits per heavy atom. The van der Waals surface area contributed by atoms with Crippen molar-refractivity contribution in [1.29, 1.82) is 0 Å². The summed E-state index contributed by atoms with van der Waals surface area (Å²) in [7, 11) is -1.78. The second-order valence-corrected chi connectivity index (χ2v) is 13.0. The number of rotatable bonds is 4. The van der Waals surface area contributed by atoms with E-state index in [2.05, 4.69) is 33.9 Å². The number of hydrogen-bond donors (Lipinski definition) is 1. The van der Waals surface area contributed by atoms with E-state index in [4.69, 9.17) is 13.9 Å². The highest BCUT2D eigenvalue weighted by molar-refractivity contribution is 6.74. The molecule has 0 amide bonds. The first kappa shape index (κ1) is 17.2. The molecule has 0 aromatic rings. The quantitative estimate of drug-likeness (QED) is 0.639. The standard InChI is InChI=1S/C16H30O4Si/c1-14(2,3)21(6,7)18-11-10-16(17)9-8-12-13(16)20-15(4,5)19-12/h8-9,12-13,17H,10-11H2,1-7H3/t12-,13-,16-/m0/s1. The second kappa shape index (κ2) is 5.17. The molecule has 1 N–H and O–H groups in total. The predicted octanol–water partition coefficient (Wildman–Crippen LogP) is 3.22. The molecular formula is C16H30O4Si. The molecule has 0 unspecified atom stereocenters. The molecule has 0 spiro atoms. The summed E-state index contributed by atoms with van der Waals surface area (Å²) in [6.07, 6.45) is 3.78. The largest absolute Gasteiger partial charge is 0.417 e. The monoisotopic (exact) mass is 314 g/mol. The van der Waals surface area contributed by atoms with Gasteiger partial charge >= 0.3 is 0 Å². The van der Waals surface area contributed by atoms with Crippen LogP contribution in [0.15, 0.2) is 12.2 Å². The van der Waals surface area contributed by atoms with Crippen LogP contribution in [0.4, 0.5) is 0 Å². The van der Waals surface area contributed by atoms with Crippen LogP contribution in [0.25, 0.3) is 0 Å². The maximum absolute atomic E-state index is 10.8. The maximum atomic E-state index is 10.8. The summed E-state index contributed by atoms with van der Waals surface area (Å²) in [4.78, 5) is 0. The molecule has 21 heavy (non-hydrogen) atoms. The van der Waals surface area contributed by atoms with Gasteiger partial charge in [0.1, 0.15) is 17.8 Å². The third-order valence-corrected chi connectivity index (χ3v) is 9.51. The lowest BCUT2D eigenvalue weighted by Crippen LogP contribution is -2.46. The van der Waals surface area contributed by atoms with Crippen LogP contribution < -0.4 is 0 Å². The first-order chi connectivity index (χ1) is 9.36. The van der Waals surface area contributed by atoms with Gasteiger partial charge in [0.2, 0.25) is 0 Å². The van der Waals surface area contributed by atoms with Gasteiger partial charge in [-0.3, -0.25) is 0 Å². The Bertz CT molecular complexity index is 424. The lowest BCUT2D eigenvalue weighted by Gasteiger charge is -2.37. The zero-order valence-corrected chi connectivity index (χ0v) is 15.4. The van der Waals surface area contributed by atoms with E-state index in [-0.39, 0.29) is 17.2 Å². The van der Waals surface area contributed by atoms with Gasteiger partial charge in [0.05, 0.1) is 0 Å². The molecule has 5 heteroatoms. The van der Waals surface area contributed by atoms with E-state index < -0.39 is 19.7 Å². The van der Waals surface area contributed by atoms with Crippen LogP contribution in [-0.4, -0.2) is 43.6 Å². The van der Waals surface area contributed by atoms with Gasteiger partial charge in [0.15, 0.2) is 14.1 Å². The van der Waals surface area contributed by atoms with Gasteiger partial charge in [-0.25, -0.2) is 0 Å². The molecule has 122 valence electrons. The van der Waals surface area contributed by atoms with Gasteiger partial charge in [-0.1, -0.05) is 32.9 Å². The van der Waals surface area contributed by atoms with Gasteiger partial charge in [-0.05, 0) is 32.0 Å². The summed E-state index contributed by atoms with van der Waals surface area (Å²) in [6.45, 7) is 15.4. The number of hydrogen-bond acceptors (Lipinski definition) is 4. The molecule has 2 rings (SSSR count). The Hall–Kier alpha value is -0.203. The van der Waals surface area contributed by atoms with Gasteiger partial charge < -0.3 is 19.0 Å². The Kier molecular flexibility index (Phi) is 4.22. The summed E-state index contributed by atoms with van der Waals surface area (Å²) in [6, 6.07) is 0. The van der Waals surface area contributed by atoms with Crippen LogP contribution in [0.1, 0.15) is 41.0 Å². The average molecular weight is 314 g/mol. The summed E-state index contributed by atoms with van der Waals surface area (Å²) in [5.41, 5.74) is -0.985. The number of fused-ring (bicyclic) bond motifs is 1. The molecular weight excluding hydrogens is 284 g/mol. The highest BCUT2D eigenvalue weighted by Gasteiger charge is 2.53. The van der Waals surface area contributed by atoms with Crippen molar-refractivity contribution < 1.29 is 19.0 Å². The predicted molar refractivity (Wildman–Crippen MR) is 85.7 cm³/mol. The molecule has 0 radical (unpaired) electrons. The molecule has 0 saturated carbocycles. The van der Waals surface area contributed by atoms with Crippen LogP contribution in [0, 0.1) is 0 Å². The molecule has 0 aromatic heterocycles. The second-order valence-electron chi connectivity index (χ2n) is 8.23. The van der Waals surface area contributed by atoms with Crippen LogP contribution in [0.3, 0.4) is 0 Å². The lowest BCUT2D eigenvalue weighted by molar-refractivity contribution is -0.166. The topological polar surface area (TPSA) is 47.9 Å². The molecule has 3 atom stereocenters. The van der Waals surface area contributed by atoms with E-state index in [1.165, 1.54) is 0 Å². The van der Waals surface area contributed by atoms with Gasteiger partial charge in [0, 0.05) is 13.0 Å². The molecule has 1 fully saturated rings. The molecule has 1 heterocycles. The van der Waals surface area contributed by atoms with E-state index in [1.807, 2.05) is 26.0 Å². The van der Waals surface area contributed by atoms with Crippen molar-refractivity contribution in [3.63, 3.8) is 0 Å². The SMILES string of the molecule is CC1(C)O[C@H]2C=C[C@](O)(CCO[Si](C)(C)C(C)(C)C)[C@H]2O1. The van der Waals surface area contributed by atoms with E-state index >= 15 is 0 Å². The van der Waals surface area contributed by atoms with E-state index in [0.717, 1.165) is 0 Å².